The Morgan fingerprint density at radius 1 is 1.54 bits per heavy atom. The van der Waals surface area contributed by atoms with E-state index < -0.39 is 5.97 Å². The molecular formula is C8H4INO3. The van der Waals surface area contributed by atoms with Crippen LogP contribution >= 0.6 is 22.6 Å². The van der Waals surface area contributed by atoms with E-state index in [1.807, 2.05) is 6.07 Å². The number of hydrogen-bond donors (Lipinski definition) is 1. The largest absolute Gasteiger partial charge is 0.474 e. The summed E-state index contributed by atoms with van der Waals surface area (Å²) in [5.74, 6) is -1.41. The van der Waals surface area contributed by atoms with Gasteiger partial charge in [0.15, 0.2) is 5.58 Å². The molecule has 4 nitrogen and oxygen atoms in total. The first-order valence-electron chi connectivity index (χ1n) is 3.47. The van der Waals surface area contributed by atoms with Crippen molar-refractivity contribution in [3.63, 3.8) is 0 Å². The first-order chi connectivity index (χ1) is 6.18. The average Bonchev–Trinajstić information content (AvgIpc) is 2.49. The Bertz CT molecular complexity index is 477. The summed E-state index contributed by atoms with van der Waals surface area (Å²) in [6.07, 6.45) is 0. The molecule has 2 aromatic rings. The molecule has 0 spiro atoms. The molecule has 13 heavy (non-hydrogen) atoms. The minimum absolute atomic E-state index is 0.265. The van der Waals surface area contributed by atoms with Crippen LogP contribution in [0.1, 0.15) is 10.7 Å². The molecular weight excluding hydrogens is 285 g/mol. The number of rotatable bonds is 1. The Kier molecular flexibility index (Phi) is 1.95. The number of oxazole rings is 1. The molecule has 1 aromatic heterocycles. The summed E-state index contributed by atoms with van der Waals surface area (Å²) in [5.41, 5.74) is 1.10. The van der Waals surface area contributed by atoms with Gasteiger partial charge in [-0.1, -0.05) is 6.07 Å². The SMILES string of the molecule is O=C(O)c1nc2c(I)cccc2o1. The summed E-state index contributed by atoms with van der Waals surface area (Å²) in [4.78, 5) is 14.4. The van der Waals surface area contributed by atoms with Crippen molar-refractivity contribution < 1.29 is 14.3 Å². The molecule has 0 atom stereocenters. The van der Waals surface area contributed by atoms with Crippen molar-refractivity contribution in [2.45, 2.75) is 0 Å². The maximum atomic E-state index is 10.5. The molecule has 1 heterocycles. The molecule has 5 heteroatoms. The first kappa shape index (κ1) is 8.49. The van der Waals surface area contributed by atoms with Gasteiger partial charge in [0.2, 0.25) is 0 Å². The van der Waals surface area contributed by atoms with Crippen molar-refractivity contribution in [3.8, 4) is 0 Å². The molecule has 0 saturated heterocycles. The van der Waals surface area contributed by atoms with Crippen LogP contribution < -0.4 is 0 Å². The van der Waals surface area contributed by atoms with E-state index in [-0.39, 0.29) is 5.89 Å². The van der Waals surface area contributed by atoms with Crippen LogP contribution in [0.25, 0.3) is 11.1 Å². The van der Waals surface area contributed by atoms with Crippen LogP contribution in [0.2, 0.25) is 0 Å². The van der Waals surface area contributed by atoms with Crippen LogP contribution in [0.4, 0.5) is 0 Å². The molecule has 0 amide bonds. The summed E-state index contributed by atoms with van der Waals surface area (Å²) in [7, 11) is 0. The van der Waals surface area contributed by atoms with Crippen molar-refractivity contribution in [2.75, 3.05) is 0 Å². The Morgan fingerprint density at radius 3 is 2.92 bits per heavy atom. The van der Waals surface area contributed by atoms with Gasteiger partial charge in [-0.3, -0.25) is 0 Å². The maximum Gasteiger partial charge on any atom is 0.392 e. The van der Waals surface area contributed by atoms with Gasteiger partial charge in [0.05, 0.1) is 0 Å². The van der Waals surface area contributed by atoms with Gasteiger partial charge in [0, 0.05) is 3.57 Å². The van der Waals surface area contributed by atoms with E-state index in [0.29, 0.717) is 11.1 Å². The molecule has 0 radical (unpaired) electrons. The average molecular weight is 289 g/mol. The van der Waals surface area contributed by atoms with Crippen LogP contribution in [0, 0.1) is 3.57 Å². The van der Waals surface area contributed by atoms with E-state index in [2.05, 4.69) is 27.6 Å². The molecule has 2 rings (SSSR count). The van der Waals surface area contributed by atoms with E-state index in [9.17, 15) is 4.79 Å². The minimum Gasteiger partial charge on any atom is -0.474 e. The number of carboxylic acids is 1. The fraction of sp³-hybridized carbons (Fsp3) is 0. The summed E-state index contributed by atoms with van der Waals surface area (Å²) in [6.45, 7) is 0. The summed E-state index contributed by atoms with van der Waals surface area (Å²) < 4.78 is 5.88. The number of carbonyl (C=O) groups is 1. The monoisotopic (exact) mass is 289 g/mol. The molecule has 66 valence electrons. The van der Waals surface area contributed by atoms with E-state index in [1.54, 1.807) is 12.1 Å². The molecule has 0 unspecified atom stereocenters. The highest BCUT2D eigenvalue weighted by molar-refractivity contribution is 14.1. The van der Waals surface area contributed by atoms with Gasteiger partial charge in [-0.15, -0.1) is 0 Å². The predicted molar refractivity (Wildman–Crippen MR) is 53.7 cm³/mol. The van der Waals surface area contributed by atoms with E-state index in [0.717, 1.165) is 3.57 Å². The van der Waals surface area contributed by atoms with Crippen molar-refractivity contribution in [2.24, 2.45) is 0 Å². The number of aromatic nitrogens is 1. The molecule has 1 aromatic carbocycles. The zero-order chi connectivity index (χ0) is 9.42. The fourth-order valence-corrected chi connectivity index (χ4v) is 1.60. The number of aromatic carboxylic acids is 1. The lowest BCUT2D eigenvalue weighted by atomic mass is 10.3. The van der Waals surface area contributed by atoms with Gasteiger partial charge >= 0.3 is 11.9 Å². The second kappa shape index (κ2) is 2.99. The smallest absolute Gasteiger partial charge is 0.392 e. The van der Waals surface area contributed by atoms with Gasteiger partial charge in [-0.05, 0) is 34.7 Å². The number of halogens is 1. The Balaban J connectivity index is 2.75. The lowest BCUT2D eigenvalue weighted by molar-refractivity contribution is 0.0656. The Hall–Kier alpha value is -1.11. The Labute approximate surface area is 86.7 Å². The lowest BCUT2D eigenvalue weighted by Gasteiger charge is -1.86. The maximum absolute atomic E-state index is 10.5. The van der Waals surface area contributed by atoms with Crippen molar-refractivity contribution in [1.82, 2.24) is 4.98 Å². The normalized spacial score (nSPS) is 10.5. The van der Waals surface area contributed by atoms with E-state index in [1.165, 1.54) is 0 Å². The molecule has 1 N–H and O–H groups in total. The molecule has 0 aliphatic carbocycles. The molecule has 0 aliphatic heterocycles. The summed E-state index contributed by atoms with van der Waals surface area (Å²) in [5, 5.41) is 8.62. The topological polar surface area (TPSA) is 63.3 Å². The zero-order valence-corrected chi connectivity index (χ0v) is 8.48. The molecule has 0 aliphatic rings. The number of benzene rings is 1. The number of para-hydroxylation sites is 1. The van der Waals surface area contributed by atoms with Crippen LogP contribution in [-0.4, -0.2) is 16.1 Å². The van der Waals surface area contributed by atoms with Crippen LogP contribution in [0.3, 0.4) is 0 Å². The second-order valence-electron chi connectivity index (χ2n) is 2.41. The summed E-state index contributed by atoms with van der Waals surface area (Å²) in [6, 6.07) is 5.33. The third-order valence-corrected chi connectivity index (χ3v) is 2.42. The number of hydrogen-bond acceptors (Lipinski definition) is 3. The third-order valence-electron chi connectivity index (χ3n) is 1.55. The highest BCUT2D eigenvalue weighted by Gasteiger charge is 2.13. The Morgan fingerprint density at radius 2 is 2.31 bits per heavy atom. The zero-order valence-electron chi connectivity index (χ0n) is 6.32. The molecule has 0 bridgehead atoms. The van der Waals surface area contributed by atoms with Crippen molar-refractivity contribution in [3.05, 3.63) is 27.7 Å². The predicted octanol–water partition coefficient (Wildman–Crippen LogP) is 2.13. The summed E-state index contributed by atoms with van der Waals surface area (Å²) >= 11 is 2.08. The van der Waals surface area contributed by atoms with Gasteiger partial charge in [-0.25, -0.2) is 9.78 Å². The molecule has 0 fully saturated rings. The first-order valence-corrected chi connectivity index (χ1v) is 4.54. The van der Waals surface area contributed by atoms with Crippen molar-refractivity contribution >= 4 is 39.7 Å². The van der Waals surface area contributed by atoms with Crippen LogP contribution in [-0.2, 0) is 0 Å². The lowest BCUT2D eigenvalue weighted by Crippen LogP contribution is -1.94. The van der Waals surface area contributed by atoms with Crippen molar-refractivity contribution in [1.29, 1.82) is 0 Å². The number of nitrogens with zero attached hydrogens (tertiary/aromatic N) is 1. The van der Waals surface area contributed by atoms with Gasteiger partial charge < -0.3 is 9.52 Å². The van der Waals surface area contributed by atoms with Gasteiger partial charge in [0.25, 0.3) is 0 Å². The minimum atomic E-state index is -1.15. The second-order valence-corrected chi connectivity index (χ2v) is 3.57. The van der Waals surface area contributed by atoms with Crippen LogP contribution in [0.15, 0.2) is 22.6 Å². The van der Waals surface area contributed by atoms with Gasteiger partial charge in [-0.2, -0.15) is 0 Å². The number of fused-ring (bicyclic) bond motifs is 1. The quantitative estimate of drug-likeness (QED) is 0.817. The third kappa shape index (κ3) is 1.39. The van der Waals surface area contributed by atoms with Gasteiger partial charge in [0.1, 0.15) is 5.52 Å². The highest BCUT2D eigenvalue weighted by atomic mass is 127. The number of carboxylic acid groups (broad SMARTS) is 1. The fourth-order valence-electron chi connectivity index (χ4n) is 1.01. The standard InChI is InChI=1S/C8H4INO3/c9-4-2-1-3-5-6(4)10-7(13-5)8(11)12/h1-3H,(H,11,12). The van der Waals surface area contributed by atoms with E-state index >= 15 is 0 Å². The molecule has 0 saturated carbocycles. The van der Waals surface area contributed by atoms with E-state index in [4.69, 9.17) is 9.52 Å². The van der Waals surface area contributed by atoms with Crippen LogP contribution in [0.5, 0.6) is 0 Å². The highest BCUT2D eigenvalue weighted by Crippen LogP contribution is 2.20.